The molecular formula is C26H19N7O13S3. The number of nitrogens with zero attached hydrogens (tertiary/aromatic N) is 5. The van der Waals surface area contributed by atoms with Crippen LogP contribution in [0.3, 0.4) is 0 Å². The Kier molecular flexibility index (Phi) is 8.89. The van der Waals surface area contributed by atoms with E-state index in [1.54, 1.807) is 0 Å². The third-order valence-corrected chi connectivity index (χ3v) is 9.01. The normalized spacial score (nSPS) is 12.3. The third-order valence-electron chi connectivity index (χ3n) is 6.38. The number of anilines is 4. The molecule has 0 unspecified atom stereocenters. The lowest BCUT2D eigenvalue weighted by molar-refractivity contribution is 0.0697. The lowest BCUT2D eigenvalue weighted by atomic mass is 10.1. The molecule has 0 aliphatic rings. The van der Waals surface area contributed by atoms with Crippen LogP contribution in [0.25, 0.3) is 10.8 Å². The number of fused-ring (bicyclic) bond motifs is 1. The summed E-state index contributed by atoms with van der Waals surface area (Å²) in [5.41, 5.74) is -1.94. The van der Waals surface area contributed by atoms with E-state index in [1.165, 1.54) is 30.3 Å². The SMILES string of the molecule is O=C(O)c1ccccc1N=Nc1c(S(=O)(=O)O)cc2c(S(=O)(=O)O)ccc(Nc3nc(O)nc(Nc4cccc(S(=O)(=O)O)c4)n3)c2c1O. The summed E-state index contributed by atoms with van der Waals surface area (Å²) in [4.78, 5) is 20.3. The first-order valence-corrected chi connectivity index (χ1v) is 17.2. The highest BCUT2D eigenvalue weighted by molar-refractivity contribution is 7.86. The number of nitrogens with one attached hydrogen (secondary N) is 2. The molecule has 20 nitrogen and oxygen atoms in total. The molecule has 0 aliphatic heterocycles. The minimum absolute atomic E-state index is 0.0319. The van der Waals surface area contributed by atoms with Gasteiger partial charge in [0.25, 0.3) is 30.4 Å². The van der Waals surface area contributed by atoms with Crippen LogP contribution in [0.1, 0.15) is 10.4 Å². The molecule has 0 atom stereocenters. The fourth-order valence-electron chi connectivity index (χ4n) is 4.36. The van der Waals surface area contributed by atoms with Crippen LogP contribution in [-0.2, 0) is 30.4 Å². The number of phenolic OH excluding ortho intramolecular Hbond substituents is 1. The number of carboxylic acids is 1. The highest BCUT2D eigenvalue weighted by Crippen LogP contribution is 2.46. The third kappa shape index (κ3) is 7.51. The van der Waals surface area contributed by atoms with Crippen LogP contribution in [0, 0.1) is 0 Å². The molecule has 0 saturated carbocycles. The Morgan fingerprint density at radius 1 is 0.694 bits per heavy atom. The molecule has 4 aromatic carbocycles. The van der Waals surface area contributed by atoms with Crippen molar-refractivity contribution < 1.29 is 59.0 Å². The van der Waals surface area contributed by atoms with Gasteiger partial charge in [0.05, 0.1) is 21.5 Å². The van der Waals surface area contributed by atoms with Gasteiger partial charge in [0.2, 0.25) is 11.9 Å². The predicted octanol–water partition coefficient (Wildman–Crippen LogP) is 3.78. The van der Waals surface area contributed by atoms with Gasteiger partial charge in [-0.3, -0.25) is 13.7 Å². The fraction of sp³-hybridized carbons (Fsp3) is 0. The molecule has 0 radical (unpaired) electrons. The summed E-state index contributed by atoms with van der Waals surface area (Å²) in [5, 5.41) is 42.2. The van der Waals surface area contributed by atoms with Crippen LogP contribution >= 0.6 is 0 Å². The van der Waals surface area contributed by atoms with Crippen LogP contribution < -0.4 is 10.6 Å². The number of carboxylic acid groups (broad SMARTS) is 1. The lowest BCUT2D eigenvalue weighted by Crippen LogP contribution is -2.06. The largest absolute Gasteiger partial charge is 0.505 e. The van der Waals surface area contributed by atoms with E-state index >= 15 is 0 Å². The first-order chi connectivity index (χ1) is 22.8. The molecule has 254 valence electrons. The van der Waals surface area contributed by atoms with Gasteiger partial charge in [-0.1, -0.05) is 18.2 Å². The molecule has 0 bridgehead atoms. The number of azo groups is 1. The molecule has 23 heteroatoms. The van der Waals surface area contributed by atoms with Gasteiger partial charge < -0.3 is 26.0 Å². The second-order valence-electron chi connectivity index (χ2n) is 9.61. The number of aromatic carboxylic acids is 1. The Hall–Kier alpha value is -5.85. The highest BCUT2D eigenvalue weighted by Gasteiger charge is 2.28. The minimum atomic E-state index is -5.32. The zero-order valence-corrected chi connectivity index (χ0v) is 26.3. The van der Waals surface area contributed by atoms with E-state index in [0.29, 0.717) is 6.07 Å². The van der Waals surface area contributed by atoms with Gasteiger partial charge in [-0.05, 0) is 48.5 Å². The van der Waals surface area contributed by atoms with Crippen LogP contribution in [0.15, 0.2) is 91.6 Å². The summed E-state index contributed by atoms with van der Waals surface area (Å²) in [6.45, 7) is 0. The van der Waals surface area contributed by atoms with E-state index in [9.17, 15) is 59.0 Å². The molecule has 1 heterocycles. The summed E-state index contributed by atoms with van der Waals surface area (Å²) in [5.74, 6) is -3.48. The predicted molar refractivity (Wildman–Crippen MR) is 167 cm³/mol. The van der Waals surface area contributed by atoms with Crippen molar-refractivity contribution in [2.45, 2.75) is 14.7 Å². The van der Waals surface area contributed by atoms with Crippen molar-refractivity contribution in [1.82, 2.24) is 15.0 Å². The van der Waals surface area contributed by atoms with Crippen LogP contribution in [0.5, 0.6) is 11.8 Å². The van der Waals surface area contributed by atoms with Gasteiger partial charge in [-0.15, -0.1) is 10.2 Å². The van der Waals surface area contributed by atoms with Gasteiger partial charge in [-0.2, -0.15) is 40.2 Å². The average molecular weight is 734 g/mol. The zero-order chi connectivity index (χ0) is 35.9. The zero-order valence-electron chi connectivity index (χ0n) is 23.9. The molecule has 5 rings (SSSR count). The Morgan fingerprint density at radius 3 is 1.98 bits per heavy atom. The standard InChI is InChI=1S/C26H19N7O13S3/c34-22-20-15(11-19(49(44,45)46)21(22)33-32-16-7-2-1-6-14(16)23(35)36)18(48(41,42)43)9-8-17(20)28-25-29-24(30-26(37)31-25)27-12-4-3-5-13(10-12)47(38,39)40/h1-11,34H,(H,35,36)(H,38,39,40)(H,41,42,43)(H,44,45,46)(H3,27,28,29,30,31,37). The van der Waals surface area contributed by atoms with Crippen molar-refractivity contribution in [1.29, 1.82) is 0 Å². The number of rotatable bonds is 10. The number of phenols is 1. The summed E-state index contributed by atoms with van der Waals surface area (Å²) in [7, 11) is -15.0. The van der Waals surface area contributed by atoms with Crippen molar-refractivity contribution in [3.8, 4) is 11.8 Å². The van der Waals surface area contributed by atoms with Crippen LogP contribution in [0.2, 0.25) is 0 Å². The summed E-state index contributed by atoms with van der Waals surface area (Å²) < 4.78 is 101. The second-order valence-corrected chi connectivity index (χ2v) is 13.8. The van der Waals surface area contributed by atoms with E-state index in [0.717, 1.165) is 30.3 Å². The minimum Gasteiger partial charge on any atom is -0.505 e. The topological polar surface area (TPSA) is 328 Å². The van der Waals surface area contributed by atoms with E-state index in [-0.39, 0.29) is 22.6 Å². The first kappa shape index (κ1) is 34.5. The van der Waals surface area contributed by atoms with Crippen molar-refractivity contribution in [2.75, 3.05) is 10.6 Å². The molecule has 0 aliphatic carbocycles. The van der Waals surface area contributed by atoms with Gasteiger partial charge in [-0.25, -0.2) is 4.79 Å². The molecule has 49 heavy (non-hydrogen) atoms. The van der Waals surface area contributed by atoms with Gasteiger partial charge in [0.15, 0.2) is 5.75 Å². The molecule has 0 amide bonds. The maximum Gasteiger partial charge on any atom is 0.337 e. The average Bonchev–Trinajstić information content (AvgIpc) is 2.99. The Bertz CT molecular complexity index is 2550. The number of hydrogen-bond acceptors (Lipinski definition) is 16. The van der Waals surface area contributed by atoms with E-state index in [2.05, 4.69) is 35.8 Å². The molecule has 0 spiro atoms. The van der Waals surface area contributed by atoms with Crippen molar-refractivity contribution in [2.24, 2.45) is 10.2 Å². The van der Waals surface area contributed by atoms with E-state index < -0.39 is 91.1 Å². The monoisotopic (exact) mass is 733 g/mol. The van der Waals surface area contributed by atoms with Crippen LogP contribution in [0.4, 0.5) is 34.6 Å². The molecule has 1 aromatic heterocycles. The van der Waals surface area contributed by atoms with Crippen molar-refractivity contribution >= 4 is 81.7 Å². The van der Waals surface area contributed by atoms with Crippen molar-refractivity contribution in [3.63, 3.8) is 0 Å². The molecule has 0 fully saturated rings. The Balaban J connectivity index is 1.69. The molecule has 8 N–H and O–H groups in total. The smallest absolute Gasteiger partial charge is 0.337 e. The lowest BCUT2D eigenvalue weighted by Gasteiger charge is -2.15. The van der Waals surface area contributed by atoms with Crippen molar-refractivity contribution in [3.05, 3.63) is 72.3 Å². The Morgan fingerprint density at radius 2 is 1.35 bits per heavy atom. The van der Waals surface area contributed by atoms with Gasteiger partial charge in [0.1, 0.15) is 21.2 Å². The Labute approximate surface area is 274 Å². The van der Waals surface area contributed by atoms with E-state index in [4.69, 9.17) is 0 Å². The summed E-state index contributed by atoms with van der Waals surface area (Å²) in [6, 6.07) is 11.2. The van der Waals surface area contributed by atoms with E-state index in [1.807, 2.05) is 0 Å². The number of hydrogen-bond donors (Lipinski definition) is 8. The highest BCUT2D eigenvalue weighted by atomic mass is 32.2. The maximum absolute atomic E-state index is 12.4. The number of benzene rings is 4. The second kappa shape index (κ2) is 12.6. The van der Waals surface area contributed by atoms with Gasteiger partial charge >= 0.3 is 12.0 Å². The molecule has 0 saturated heterocycles. The first-order valence-electron chi connectivity index (χ1n) is 12.9. The summed E-state index contributed by atoms with van der Waals surface area (Å²) in [6.07, 6.45) is 0. The molecular weight excluding hydrogens is 715 g/mol. The fourth-order valence-corrected chi connectivity index (χ4v) is 6.22. The number of aromatic nitrogens is 3. The van der Waals surface area contributed by atoms with Gasteiger partial charge in [0, 0.05) is 11.1 Å². The number of carbonyl (C=O) groups is 1. The van der Waals surface area contributed by atoms with Crippen LogP contribution in [-0.4, -0.2) is 75.2 Å². The maximum atomic E-state index is 12.4. The molecule has 5 aromatic rings. The quantitative estimate of drug-likeness (QED) is 0.0747. The summed E-state index contributed by atoms with van der Waals surface area (Å²) >= 11 is 0. The number of aromatic hydroxyl groups is 2.